The van der Waals surface area contributed by atoms with Crippen molar-refractivity contribution in [2.75, 3.05) is 11.9 Å². The van der Waals surface area contributed by atoms with Crippen molar-refractivity contribution in [3.8, 4) is 0 Å². The lowest BCUT2D eigenvalue weighted by Gasteiger charge is -2.15. The summed E-state index contributed by atoms with van der Waals surface area (Å²) >= 11 is 7.25. The van der Waals surface area contributed by atoms with Gasteiger partial charge >= 0.3 is 0 Å². The van der Waals surface area contributed by atoms with Gasteiger partial charge in [-0.2, -0.15) is 0 Å². The Morgan fingerprint density at radius 2 is 2.06 bits per heavy atom. The fourth-order valence-electron chi connectivity index (χ4n) is 1.54. The molecular formula is C13H13ClN2OS. The Morgan fingerprint density at radius 3 is 2.61 bits per heavy atom. The lowest BCUT2D eigenvalue weighted by molar-refractivity contribution is 0.102. The molecule has 94 valence electrons. The maximum Gasteiger partial charge on any atom is 0.185 e. The van der Waals surface area contributed by atoms with E-state index in [-0.39, 0.29) is 5.78 Å². The summed E-state index contributed by atoms with van der Waals surface area (Å²) in [6.45, 7) is 2.29. The van der Waals surface area contributed by atoms with Crippen molar-refractivity contribution in [3.05, 3.63) is 45.9 Å². The number of rotatable bonds is 4. The lowest BCUT2D eigenvalue weighted by atomic mass is 10.2. The molecule has 0 saturated heterocycles. The number of nitrogens with zero attached hydrogens (tertiary/aromatic N) is 2. The molecule has 0 unspecified atom stereocenters. The van der Waals surface area contributed by atoms with Crippen molar-refractivity contribution in [2.45, 2.75) is 13.5 Å². The summed E-state index contributed by atoms with van der Waals surface area (Å²) in [6, 6.07) is 7.71. The fourth-order valence-corrected chi connectivity index (χ4v) is 2.43. The topological polar surface area (TPSA) is 33.2 Å². The van der Waals surface area contributed by atoms with Crippen molar-refractivity contribution in [1.82, 2.24) is 4.98 Å². The highest BCUT2D eigenvalue weighted by Crippen LogP contribution is 2.23. The minimum Gasteiger partial charge on any atom is -0.347 e. The molecule has 0 aliphatic carbocycles. The fraction of sp³-hybridized carbons (Fsp3) is 0.231. The van der Waals surface area contributed by atoms with Crippen molar-refractivity contribution in [1.29, 1.82) is 0 Å². The Morgan fingerprint density at radius 1 is 1.39 bits per heavy atom. The Bertz CT molecular complexity index is 550. The molecule has 0 aliphatic rings. The first-order chi connectivity index (χ1) is 8.56. The Kier molecular flexibility index (Phi) is 3.99. The number of ketones is 1. The molecule has 3 nitrogen and oxygen atoms in total. The number of thiazole rings is 1. The van der Waals surface area contributed by atoms with Gasteiger partial charge in [0.2, 0.25) is 0 Å². The molecule has 0 atom stereocenters. The SMILES string of the molecule is CC(=O)c1cnc(N(C)Cc2ccc(Cl)cc2)s1. The van der Waals surface area contributed by atoms with E-state index >= 15 is 0 Å². The second-order valence-corrected chi connectivity index (χ2v) is 5.49. The summed E-state index contributed by atoms with van der Waals surface area (Å²) in [5, 5.41) is 1.57. The molecule has 0 aliphatic heterocycles. The maximum absolute atomic E-state index is 11.2. The first-order valence-corrected chi connectivity index (χ1v) is 6.68. The summed E-state index contributed by atoms with van der Waals surface area (Å²) in [5.74, 6) is 0.0543. The number of carbonyl (C=O) groups is 1. The molecule has 0 bridgehead atoms. The minimum atomic E-state index is 0.0543. The van der Waals surface area contributed by atoms with Gasteiger partial charge in [-0.25, -0.2) is 4.98 Å². The number of hydrogen-bond donors (Lipinski definition) is 0. The number of halogens is 1. The van der Waals surface area contributed by atoms with Crippen LogP contribution < -0.4 is 4.90 Å². The van der Waals surface area contributed by atoms with Crippen LogP contribution in [0.3, 0.4) is 0 Å². The van der Waals surface area contributed by atoms with E-state index in [1.165, 1.54) is 11.3 Å². The Labute approximate surface area is 115 Å². The van der Waals surface area contributed by atoms with Crippen molar-refractivity contribution in [2.24, 2.45) is 0 Å². The van der Waals surface area contributed by atoms with Crippen LogP contribution in [0, 0.1) is 0 Å². The molecule has 1 aromatic heterocycles. The van der Waals surface area contributed by atoms with Crippen LogP contribution in [0.25, 0.3) is 0 Å². The second kappa shape index (κ2) is 5.50. The molecule has 18 heavy (non-hydrogen) atoms. The van der Waals surface area contributed by atoms with Crippen LogP contribution in [-0.4, -0.2) is 17.8 Å². The molecule has 0 saturated carbocycles. The van der Waals surface area contributed by atoms with Crippen LogP contribution >= 0.6 is 22.9 Å². The van der Waals surface area contributed by atoms with Crippen LogP contribution in [0.15, 0.2) is 30.5 Å². The number of anilines is 1. The first kappa shape index (κ1) is 13.1. The molecule has 1 heterocycles. The standard InChI is InChI=1S/C13H13ClN2OS/c1-9(17)12-7-15-13(18-12)16(2)8-10-3-5-11(14)6-4-10/h3-7H,8H2,1-2H3. The summed E-state index contributed by atoms with van der Waals surface area (Å²) in [4.78, 5) is 18.2. The first-order valence-electron chi connectivity index (χ1n) is 5.48. The van der Waals surface area contributed by atoms with Gasteiger partial charge in [0, 0.05) is 25.5 Å². The molecule has 2 rings (SSSR count). The quantitative estimate of drug-likeness (QED) is 0.802. The molecule has 0 N–H and O–H groups in total. The van der Waals surface area contributed by atoms with Gasteiger partial charge in [0.05, 0.1) is 11.1 Å². The monoisotopic (exact) mass is 280 g/mol. The number of carbonyl (C=O) groups excluding carboxylic acids is 1. The van der Waals surface area contributed by atoms with E-state index in [1.807, 2.05) is 36.2 Å². The van der Waals surface area contributed by atoms with Crippen LogP contribution in [0.2, 0.25) is 5.02 Å². The number of aromatic nitrogens is 1. The predicted octanol–water partition coefficient (Wildman–Crippen LogP) is 3.64. The number of benzene rings is 1. The number of hydrogen-bond acceptors (Lipinski definition) is 4. The summed E-state index contributed by atoms with van der Waals surface area (Å²) in [7, 11) is 1.96. The van der Waals surface area contributed by atoms with E-state index < -0.39 is 0 Å². The normalized spacial score (nSPS) is 10.4. The van der Waals surface area contributed by atoms with Crippen LogP contribution in [-0.2, 0) is 6.54 Å². The summed E-state index contributed by atoms with van der Waals surface area (Å²) in [6.07, 6.45) is 1.63. The van der Waals surface area contributed by atoms with Gasteiger partial charge in [0.15, 0.2) is 10.9 Å². The third-order valence-corrected chi connectivity index (χ3v) is 3.96. The average Bonchev–Trinajstić information content (AvgIpc) is 2.81. The maximum atomic E-state index is 11.2. The second-order valence-electron chi connectivity index (χ2n) is 4.05. The molecule has 0 radical (unpaired) electrons. The number of Topliss-reactive ketones (excluding diaryl/α,β-unsaturated/α-hetero) is 1. The third-order valence-electron chi connectivity index (χ3n) is 2.50. The average molecular weight is 281 g/mol. The van der Waals surface area contributed by atoms with E-state index in [0.29, 0.717) is 4.88 Å². The van der Waals surface area contributed by atoms with Crippen molar-refractivity contribution >= 4 is 33.9 Å². The smallest absolute Gasteiger partial charge is 0.185 e. The van der Waals surface area contributed by atoms with Crippen LogP contribution in [0.4, 0.5) is 5.13 Å². The highest BCUT2D eigenvalue weighted by Gasteiger charge is 2.10. The molecule has 0 amide bonds. The Hall–Kier alpha value is -1.39. The van der Waals surface area contributed by atoms with Gasteiger partial charge in [-0.05, 0) is 17.7 Å². The van der Waals surface area contributed by atoms with Crippen LogP contribution in [0.1, 0.15) is 22.2 Å². The summed E-state index contributed by atoms with van der Waals surface area (Å²) in [5.41, 5.74) is 1.15. The van der Waals surface area contributed by atoms with Crippen molar-refractivity contribution < 1.29 is 4.79 Å². The van der Waals surface area contributed by atoms with Crippen LogP contribution in [0.5, 0.6) is 0 Å². The van der Waals surface area contributed by atoms with Gasteiger partial charge in [-0.1, -0.05) is 35.1 Å². The van der Waals surface area contributed by atoms with E-state index in [0.717, 1.165) is 22.3 Å². The zero-order valence-electron chi connectivity index (χ0n) is 10.2. The van der Waals surface area contributed by atoms with Gasteiger partial charge < -0.3 is 4.90 Å². The largest absolute Gasteiger partial charge is 0.347 e. The zero-order valence-corrected chi connectivity index (χ0v) is 11.8. The van der Waals surface area contributed by atoms with E-state index in [2.05, 4.69) is 4.98 Å². The lowest BCUT2D eigenvalue weighted by Crippen LogP contribution is -2.15. The molecule has 0 fully saturated rings. The highest BCUT2D eigenvalue weighted by molar-refractivity contribution is 7.17. The highest BCUT2D eigenvalue weighted by atomic mass is 35.5. The molecule has 0 spiro atoms. The van der Waals surface area contributed by atoms with Gasteiger partial charge in [-0.15, -0.1) is 0 Å². The molecular weight excluding hydrogens is 268 g/mol. The van der Waals surface area contributed by atoms with E-state index in [1.54, 1.807) is 13.1 Å². The van der Waals surface area contributed by atoms with Gasteiger partial charge in [0.1, 0.15) is 0 Å². The Balaban J connectivity index is 2.09. The van der Waals surface area contributed by atoms with Crippen molar-refractivity contribution in [3.63, 3.8) is 0 Å². The van der Waals surface area contributed by atoms with E-state index in [9.17, 15) is 4.79 Å². The summed E-state index contributed by atoms with van der Waals surface area (Å²) < 4.78 is 0. The zero-order chi connectivity index (χ0) is 13.1. The predicted molar refractivity (Wildman–Crippen MR) is 75.7 cm³/mol. The molecule has 1 aromatic carbocycles. The van der Waals surface area contributed by atoms with E-state index in [4.69, 9.17) is 11.6 Å². The van der Waals surface area contributed by atoms with Gasteiger partial charge in [-0.3, -0.25) is 4.79 Å². The molecule has 2 aromatic rings. The minimum absolute atomic E-state index is 0.0543. The van der Waals surface area contributed by atoms with Gasteiger partial charge in [0.25, 0.3) is 0 Å². The third kappa shape index (κ3) is 3.09. The molecule has 5 heteroatoms.